The quantitative estimate of drug-likeness (QED) is 0.169. The van der Waals surface area contributed by atoms with Crippen LogP contribution in [-0.4, -0.2) is 15.0 Å². The first-order valence-corrected chi connectivity index (χ1v) is 13.3. The molecule has 0 saturated heterocycles. The first-order chi connectivity index (χ1) is 18.5. The van der Waals surface area contributed by atoms with Gasteiger partial charge in [0.05, 0.1) is 20.8 Å². The molecule has 4 nitrogen and oxygen atoms in total. The fourth-order valence-electron chi connectivity index (χ4n) is 4.26. The van der Waals surface area contributed by atoms with Crippen LogP contribution in [0.1, 0.15) is 25.8 Å². The Labute approximate surface area is 245 Å². The van der Waals surface area contributed by atoms with E-state index >= 15 is 0 Å². The van der Waals surface area contributed by atoms with Gasteiger partial charge in [-0.25, -0.2) is 4.98 Å². The summed E-state index contributed by atoms with van der Waals surface area (Å²) in [6.45, 7) is 6.58. The van der Waals surface area contributed by atoms with Gasteiger partial charge in [0, 0.05) is 49.4 Å². The van der Waals surface area contributed by atoms with Crippen LogP contribution in [0.25, 0.3) is 54.7 Å². The van der Waals surface area contributed by atoms with E-state index in [9.17, 15) is 0 Å². The van der Waals surface area contributed by atoms with E-state index in [2.05, 4.69) is 61.1 Å². The van der Waals surface area contributed by atoms with Gasteiger partial charge in [0.15, 0.2) is 0 Å². The zero-order valence-electron chi connectivity index (χ0n) is 21.7. The van der Waals surface area contributed by atoms with E-state index in [0.29, 0.717) is 0 Å². The van der Waals surface area contributed by atoms with Gasteiger partial charge in [-0.15, -0.1) is 65.4 Å². The van der Waals surface area contributed by atoms with Gasteiger partial charge in [-0.3, -0.25) is 0 Å². The number of nitrogens with zero attached hydrogens (tertiary/aromatic N) is 3. The summed E-state index contributed by atoms with van der Waals surface area (Å²) < 4.78 is 7.43. The summed E-state index contributed by atoms with van der Waals surface area (Å²) in [7, 11) is 0. The third-order valence-corrected chi connectivity index (χ3v) is 7.60. The van der Waals surface area contributed by atoms with Crippen LogP contribution in [0.4, 0.5) is 0 Å². The van der Waals surface area contributed by atoms with Crippen molar-refractivity contribution in [3.8, 4) is 22.5 Å². The van der Waals surface area contributed by atoms with Crippen molar-refractivity contribution in [3.63, 3.8) is 0 Å². The van der Waals surface area contributed by atoms with Crippen LogP contribution in [0.2, 0.25) is 0 Å². The number of pyridine rings is 2. The number of hydrogen-bond acceptors (Lipinski definition) is 5. The molecule has 0 spiro atoms. The zero-order valence-corrected chi connectivity index (χ0v) is 24.9. The SMILES string of the molecule is CC(C)(C)c1nc2cc3oc4c(-c5ccccn5)[c-]ccc4c3cc2s1.[Ir].[c-]1ccccc1-c1ccccn1. The summed E-state index contributed by atoms with van der Waals surface area (Å²) in [4.78, 5) is 13.5. The van der Waals surface area contributed by atoms with Gasteiger partial charge in [-0.2, -0.15) is 0 Å². The summed E-state index contributed by atoms with van der Waals surface area (Å²) in [5.41, 5.74) is 6.50. The topological polar surface area (TPSA) is 51.8 Å². The smallest absolute Gasteiger partial charge is 0.123 e. The maximum Gasteiger partial charge on any atom is 0.123 e. The molecule has 0 atom stereocenters. The number of benzene rings is 3. The Kier molecular flexibility index (Phi) is 7.71. The largest absolute Gasteiger partial charge is 0.501 e. The van der Waals surface area contributed by atoms with Crippen molar-refractivity contribution >= 4 is 43.5 Å². The second-order valence-corrected chi connectivity index (χ2v) is 11.0. The van der Waals surface area contributed by atoms with E-state index in [1.807, 2.05) is 66.7 Å². The van der Waals surface area contributed by atoms with E-state index in [4.69, 9.17) is 9.40 Å². The third-order valence-electron chi connectivity index (χ3n) is 6.15. The third kappa shape index (κ3) is 5.55. The molecule has 0 aliphatic carbocycles. The van der Waals surface area contributed by atoms with Crippen molar-refractivity contribution in [2.45, 2.75) is 26.2 Å². The Morgan fingerprint density at radius 1 is 0.769 bits per heavy atom. The van der Waals surface area contributed by atoms with Gasteiger partial charge in [0.2, 0.25) is 0 Å². The number of thiazole rings is 1. The number of rotatable bonds is 2. The normalized spacial score (nSPS) is 11.3. The van der Waals surface area contributed by atoms with Gasteiger partial charge < -0.3 is 14.4 Å². The summed E-state index contributed by atoms with van der Waals surface area (Å²) in [5.74, 6) is 0. The number of hydrogen-bond donors (Lipinski definition) is 0. The molecule has 0 bridgehead atoms. The Morgan fingerprint density at radius 3 is 2.18 bits per heavy atom. The maximum atomic E-state index is 6.23. The first-order valence-electron chi connectivity index (χ1n) is 12.4. The van der Waals surface area contributed by atoms with E-state index in [0.717, 1.165) is 55.0 Å². The maximum absolute atomic E-state index is 6.23. The van der Waals surface area contributed by atoms with Crippen LogP contribution in [0.15, 0.2) is 102 Å². The summed E-state index contributed by atoms with van der Waals surface area (Å²) >= 11 is 1.76. The van der Waals surface area contributed by atoms with Crippen LogP contribution >= 0.6 is 11.3 Å². The van der Waals surface area contributed by atoms with Gasteiger partial charge >= 0.3 is 0 Å². The van der Waals surface area contributed by atoms with Crippen molar-refractivity contribution in [2.75, 3.05) is 0 Å². The fourth-order valence-corrected chi connectivity index (χ4v) is 5.30. The average Bonchev–Trinajstić information content (AvgIpc) is 3.54. The molecule has 7 aromatic rings. The Balaban J connectivity index is 0.000000200. The van der Waals surface area contributed by atoms with Crippen LogP contribution in [-0.2, 0) is 25.5 Å². The van der Waals surface area contributed by atoms with Gasteiger partial charge in [-0.1, -0.05) is 56.0 Å². The number of furan rings is 1. The molecule has 39 heavy (non-hydrogen) atoms. The molecule has 195 valence electrons. The van der Waals surface area contributed by atoms with E-state index in [-0.39, 0.29) is 25.5 Å². The van der Waals surface area contributed by atoms with E-state index in [1.54, 1.807) is 23.7 Å². The molecule has 0 amide bonds. The first kappa shape index (κ1) is 26.9. The minimum absolute atomic E-state index is 0. The van der Waals surface area contributed by atoms with Crippen molar-refractivity contribution in [1.29, 1.82) is 0 Å². The Hall–Kier alpha value is -3.70. The van der Waals surface area contributed by atoms with Crippen molar-refractivity contribution in [3.05, 3.63) is 114 Å². The number of aromatic nitrogens is 3. The molecule has 4 aromatic heterocycles. The molecule has 0 fully saturated rings. The molecule has 0 aliphatic rings. The van der Waals surface area contributed by atoms with Crippen LogP contribution in [0.5, 0.6) is 0 Å². The van der Waals surface area contributed by atoms with Gasteiger partial charge in [0.1, 0.15) is 5.58 Å². The molecule has 1 radical (unpaired) electrons. The van der Waals surface area contributed by atoms with Gasteiger partial charge in [-0.05, 0) is 29.6 Å². The molecule has 0 aliphatic heterocycles. The fraction of sp³-hybridized carbons (Fsp3) is 0.121. The second-order valence-electron chi connectivity index (χ2n) is 9.99. The summed E-state index contributed by atoms with van der Waals surface area (Å²) in [6.07, 6.45) is 3.58. The van der Waals surface area contributed by atoms with E-state index in [1.165, 1.54) is 4.70 Å². The molecule has 3 aromatic carbocycles. The molecule has 0 saturated carbocycles. The average molecular weight is 704 g/mol. The molecule has 6 heteroatoms. The van der Waals surface area contributed by atoms with Crippen LogP contribution in [0, 0.1) is 12.1 Å². The molecule has 0 N–H and O–H groups in total. The predicted molar refractivity (Wildman–Crippen MR) is 156 cm³/mol. The molecule has 4 heterocycles. The van der Waals surface area contributed by atoms with Gasteiger partial charge in [0.25, 0.3) is 0 Å². The monoisotopic (exact) mass is 704 g/mol. The van der Waals surface area contributed by atoms with E-state index < -0.39 is 0 Å². The van der Waals surface area contributed by atoms with Crippen molar-refractivity contribution in [1.82, 2.24) is 15.0 Å². The predicted octanol–water partition coefficient (Wildman–Crippen LogP) is 8.90. The van der Waals surface area contributed by atoms with Crippen LogP contribution in [0.3, 0.4) is 0 Å². The molecular formula is C33H25IrN3OS-2. The zero-order chi connectivity index (χ0) is 26.1. The van der Waals surface area contributed by atoms with Crippen molar-refractivity contribution < 1.29 is 24.5 Å². The second kappa shape index (κ2) is 11.2. The minimum Gasteiger partial charge on any atom is -0.501 e. The Morgan fingerprint density at radius 2 is 1.51 bits per heavy atom. The standard InChI is InChI=1S/C22H17N2OS.C11H8N.Ir/c1-22(2,3)21-24-17-12-18-15(11-19(17)26-21)13-7-6-8-14(20(13)25-18)16-9-4-5-10-23-16;1-2-6-10(7-3-1)11-8-4-5-9-12-11;/h4-7,9-12H,1-3H3;1-6,8-9H;/q2*-1;. The molecule has 7 rings (SSSR count). The molecular weight excluding hydrogens is 679 g/mol. The molecule has 0 unspecified atom stereocenters. The minimum atomic E-state index is 0. The Bertz CT molecular complexity index is 1800. The van der Waals surface area contributed by atoms with Crippen LogP contribution < -0.4 is 0 Å². The van der Waals surface area contributed by atoms with Crippen molar-refractivity contribution in [2.24, 2.45) is 0 Å². The summed E-state index contributed by atoms with van der Waals surface area (Å²) in [5, 5.41) is 3.35. The number of fused-ring (bicyclic) bond motifs is 4. The summed E-state index contributed by atoms with van der Waals surface area (Å²) in [6, 6.07) is 34.2.